The molecule has 4 aromatic rings. The summed E-state index contributed by atoms with van der Waals surface area (Å²) in [5.74, 6) is 0.180. The van der Waals surface area contributed by atoms with Crippen molar-refractivity contribution < 1.29 is 4.79 Å². The Labute approximate surface area is 165 Å². The second kappa shape index (κ2) is 7.54. The molecule has 0 aliphatic heterocycles. The van der Waals surface area contributed by atoms with E-state index in [9.17, 15) is 4.79 Å². The van der Waals surface area contributed by atoms with E-state index in [0.29, 0.717) is 5.13 Å². The topological polar surface area (TPSA) is 70.7 Å². The lowest BCUT2D eigenvalue weighted by atomic mass is 10.1. The molecule has 0 aliphatic rings. The summed E-state index contributed by atoms with van der Waals surface area (Å²) in [4.78, 5) is 24.4. The van der Waals surface area contributed by atoms with Crippen molar-refractivity contribution in [3.8, 4) is 11.3 Å². The quantitative estimate of drug-likeness (QED) is 0.466. The zero-order valence-corrected chi connectivity index (χ0v) is 16.6. The number of fused-ring (bicyclic) bond motifs is 1. The van der Waals surface area contributed by atoms with E-state index in [1.165, 1.54) is 34.2 Å². The molecule has 27 heavy (non-hydrogen) atoms. The van der Waals surface area contributed by atoms with Crippen LogP contribution in [-0.2, 0) is 4.79 Å². The first kappa shape index (κ1) is 17.8. The second-order valence-corrected chi connectivity index (χ2v) is 8.06. The van der Waals surface area contributed by atoms with Crippen molar-refractivity contribution in [2.75, 3.05) is 11.1 Å². The van der Waals surface area contributed by atoms with Crippen molar-refractivity contribution in [1.29, 1.82) is 0 Å². The van der Waals surface area contributed by atoms with Gasteiger partial charge < -0.3 is 10.3 Å². The average Bonchev–Trinajstić information content (AvgIpc) is 3.28. The van der Waals surface area contributed by atoms with E-state index in [1.54, 1.807) is 0 Å². The van der Waals surface area contributed by atoms with Gasteiger partial charge in [0.1, 0.15) is 0 Å². The van der Waals surface area contributed by atoms with Gasteiger partial charge in [0.2, 0.25) is 5.91 Å². The van der Waals surface area contributed by atoms with Gasteiger partial charge in [-0.15, -0.1) is 11.3 Å². The number of aryl methyl sites for hydroxylation is 2. The number of thioether (sulfide) groups is 1. The second-order valence-electron chi connectivity index (χ2n) is 6.23. The van der Waals surface area contributed by atoms with E-state index in [4.69, 9.17) is 0 Å². The lowest BCUT2D eigenvalue weighted by Gasteiger charge is -2.02. The molecule has 0 radical (unpaired) electrons. The first-order valence-electron chi connectivity index (χ1n) is 8.49. The highest BCUT2D eigenvalue weighted by atomic mass is 32.2. The van der Waals surface area contributed by atoms with Gasteiger partial charge in [0.05, 0.1) is 22.5 Å². The van der Waals surface area contributed by atoms with E-state index in [1.807, 2.05) is 29.6 Å². The molecule has 0 unspecified atom stereocenters. The van der Waals surface area contributed by atoms with Crippen LogP contribution in [0, 0.1) is 13.8 Å². The molecule has 0 fully saturated rings. The SMILES string of the molecule is Cc1ccc(-c2csc(NC(=O)CSc3nc4ccccc4[nH]3)n2)cc1C. The summed E-state index contributed by atoms with van der Waals surface area (Å²) < 4.78 is 0. The number of aromatic nitrogens is 3. The standard InChI is InChI=1S/C20H18N4OS2/c1-12-7-8-14(9-13(12)2)17-10-26-20(23-17)24-18(25)11-27-19-21-15-5-3-4-6-16(15)22-19/h3-10H,11H2,1-2H3,(H,21,22)(H,23,24,25). The number of thiazole rings is 1. The summed E-state index contributed by atoms with van der Waals surface area (Å²) in [6, 6.07) is 14.1. The van der Waals surface area contributed by atoms with Gasteiger partial charge in [0.25, 0.3) is 0 Å². The van der Waals surface area contributed by atoms with Gasteiger partial charge >= 0.3 is 0 Å². The highest BCUT2D eigenvalue weighted by molar-refractivity contribution is 7.99. The summed E-state index contributed by atoms with van der Waals surface area (Å²) >= 11 is 2.81. The Balaban J connectivity index is 1.38. The molecule has 2 aromatic carbocycles. The van der Waals surface area contributed by atoms with E-state index in [0.717, 1.165) is 27.4 Å². The predicted octanol–water partition coefficient (Wildman–Crippen LogP) is 5.03. The predicted molar refractivity (Wildman–Crippen MR) is 112 cm³/mol. The summed E-state index contributed by atoms with van der Waals surface area (Å²) in [5, 5.41) is 6.18. The maximum absolute atomic E-state index is 12.2. The molecule has 2 heterocycles. The van der Waals surface area contributed by atoms with Gasteiger partial charge in [-0.25, -0.2) is 9.97 Å². The smallest absolute Gasteiger partial charge is 0.236 e. The minimum absolute atomic E-state index is 0.0959. The van der Waals surface area contributed by atoms with E-state index in [-0.39, 0.29) is 11.7 Å². The van der Waals surface area contributed by atoms with Crippen molar-refractivity contribution in [3.05, 3.63) is 59.0 Å². The summed E-state index contributed by atoms with van der Waals surface area (Å²) in [7, 11) is 0. The fourth-order valence-electron chi connectivity index (χ4n) is 2.65. The van der Waals surface area contributed by atoms with Crippen LogP contribution in [0.3, 0.4) is 0 Å². The van der Waals surface area contributed by atoms with Gasteiger partial charge in [0, 0.05) is 10.9 Å². The number of carbonyl (C=O) groups excluding carboxylic acids is 1. The van der Waals surface area contributed by atoms with Gasteiger partial charge in [-0.1, -0.05) is 36.0 Å². The Morgan fingerprint density at radius 3 is 2.81 bits per heavy atom. The monoisotopic (exact) mass is 394 g/mol. The Bertz CT molecular complexity index is 1080. The maximum atomic E-state index is 12.2. The number of imidazole rings is 1. The van der Waals surface area contributed by atoms with E-state index < -0.39 is 0 Å². The molecule has 0 bridgehead atoms. The number of rotatable bonds is 5. The van der Waals surface area contributed by atoms with Crippen molar-refractivity contribution in [2.45, 2.75) is 19.0 Å². The lowest BCUT2D eigenvalue weighted by molar-refractivity contribution is -0.113. The molecular formula is C20H18N4OS2. The molecule has 1 amide bonds. The Kier molecular flexibility index (Phi) is 4.96. The van der Waals surface area contributed by atoms with Crippen molar-refractivity contribution in [1.82, 2.24) is 15.0 Å². The molecule has 0 saturated heterocycles. The van der Waals surface area contributed by atoms with Gasteiger partial charge in [0.15, 0.2) is 10.3 Å². The first-order chi connectivity index (χ1) is 13.1. The fourth-order valence-corrected chi connectivity index (χ4v) is 4.07. The maximum Gasteiger partial charge on any atom is 0.236 e. The summed E-state index contributed by atoms with van der Waals surface area (Å²) in [6.45, 7) is 4.18. The number of aromatic amines is 1. The van der Waals surface area contributed by atoms with Crippen LogP contribution >= 0.6 is 23.1 Å². The van der Waals surface area contributed by atoms with Crippen molar-refractivity contribution >= 4 is 45.2 Å². The number of nitrogens with zero attached hydrogens (tertiary/aromatic N) is 2. The number of benzene rings is 2. The highest BCUT2D eigenvalue weighted by Gasteiger charge is 2.11. The highest BCUT2D eigenvalue weighted by Crippen LogP contribution is 2.27. The van der Waals surface area contributed by atoms with Gasteiger partial charge in [-0.3, -0.25) is 4.79 Å². The molecule has 2 N–H and O–H groups in total. The zero-order chi connectivity index (χ0) is 18.8. The molecule has 0 atom stereocenters. The number of amides is 1. The van der Waals surface area contributed by atoms with Crippen LogP contribution in [0.5, 0.6) is 0 Å². The number of hydrogen-bond donors (Lipinski definition) is 2. The van der Waals surface area contributed by atoms with Crippen LogP contribution in [0.1, 0.15) is 11.1 Å². The number of nitrogens with one attached hydrogen (secondary N) is 2. The molecule has 4 rings (SSSR count). The van der Waals surface area contributed by atoms with E-state index in [2.05, 4.69) is 52.3 Å². The molecule has 136 valence electrons. The van der Waals surface area contributed by atoms with E-state index >= 15 is 0 Å². The molecule has 2 aromatic heterocycles. The normalized spacial score (nSPS) is 11.0. The molecule has 7 heteroatoms. The van der Waals surface area contributed by atoms with Crippen LogP contribution in [0.2, 0.25) is 0 Å². The van der Waals surface area contributed by atoms with Crippen LogP contribution in [-0.4, -0.2) is 26.6 Å². The zero-order valence-electron chi connectivity index (χ0n) is 14.9. The summed E-state index contributed by atoms with van der Waals surface area (Å²) in [5.41, 5.74) is 6.30. The third-order valence-electron chi connectivity index (χ3n) is 4.26. The third kappa shape index (κ3) is 4.04. The van der Waals surface area contributed by atoms with Crippen molar-refractivity contribution in [3.63, 3.8) is 0 Å². The first-order valence-corrected chi connectivity index (χ1v) is 10.4. The number of H-pyrrole nitrogens is 1. The molecule has 0 saturated carbocycles. The van der Waals surface area contributed by atoms with Crippen LogP contribution in [0.4, 0.5) is 5.13 Å². The Morgan fingerprint density at radius 2 is 2.00 bits per heavy atom. The largest absolute Gasteiger partial charge is 0.333 e. The lowest BCUT2D eigenvalue weighted by Crippen LogP contribution is -2.13. The molecular weight excluding hydrogens is 376 g/mol. The summed E-state index contributed by atoms with van der Waals surface area (Å²) in [6.07, 6.45) is 0. The third-order valence-corrected chi connectivity index (χ3v) is 5.89. The Morgan fingerprint density at radius 1 is 1.15 bits per heavy atom. The minimum Gasteiger partial charge on any atom is -0.333 e. The number of para-hydroxylation sites is 2. The van der Waals surface area contributed by atoms with Crippen LogP contribution in [0.25, 0.3) is 22.3 Å². The minimum atomic E-state index is -0.0959. The molecule has 0 aliphatic carbocycles. The van der Waals surface area contributed by atoms with Gasteiger partial charge in [-0.05, 0) is 43.2 Å². The molecule has 5 nitrogen and oxygen atoms in total. The number of hydrogen-bond acceptors (Lipinski definition) is 5. The molecule has 0 spiro atoms. The van der Waals surface area contributed by atoms with Gasteiger partial charge in [-0.2, -0.15) is 0 Å². The number of carbonyl (C=O) groups is 1. The van der Waals surface area contributed by atoms with Crippen LogP contribution < -0.4 is 5.32 Å². The average molecular weight is 395 g/mol. The fraction of sp³-hybridized carbons (Fsp3) is 0.150. The van der Waals surface area contributed by atoms with Crippen molar-refractivity contribution in [2.24, 2.45) is 0 Å². The number of anilines is 1. The van der Waals surface area contributed by atoms with Crippen LogP contribution in [0.15, 0.2) is 53.0 Å². The Hall–Kier alpha value is -2.64.